The van der Waals surface area contributed by atoms with Crippen molar-refractivity contribution in [2.45, 2.75) is 19.8 Å². The normalized spacial score (nSPS) is 12.2. The highest BCUT2D eigenvalue weighted by atomic mass is 32.1. The van der Waals surface area contributed by atoms with Crippen LogP contribution in [0.4, 0.5) is 5.13 Å². The van der Waals surface area contributed by atoms with E-state index in [2.05, 4.69) is 15.3 Å². The molecule has 6 nitrogen and oxygen atoms in total. The van der Waals surface area contributed by atoms with Gasteiger partial charge in [-0.15, -0.1) is 0 Å². The summed E-state index contributed by atoms with van der Waals surface area (Å²) < 4.78 is 5.89. The van der Waals surface area contributed by atoms with Crippen LogP contribution in [0.3, 0.4) is 0 Å². The van der Waals surface area contributed by atoms with Gasteiger partial charge in [-0.2, -0.15) is 0 Å². The van der Waals surface area contributed by atoms with Crippen LogP contribution >= 0.6 is 11.3 Å². The van der Waals surface area contributed by atoms with Crippen LogP contribution in [0.5, 0.6) is 5.75 Å². The topological polar surface area (TPSA) is 84.3 Å². The number of anilines is 1. The number of hydrogen-bond donors (Lipinski definition) is 2. The van der Waals surface area contributed by atoms with Crippen molar-refractivity contribution in [3.05, 3.63) is 46.8 Å². The van der Waals surface area contributed by atoms with Crippen LogP contribution in [0.25, 0.3) is 10.2 Å². The molecule has 0 aliphatic rings. The van der Waals surface area contributed by atoms with Crippen LogP contribution in [0.15, 0.2) is 24.5 Å². The molecule has 0 radical (unpaired) electrons. The van der Waals surface area contributed by atoms with Crippen molar-refractivity contribution in [2.24, 2.45) is 0 Å². The third-order valence-electron chi connectivity index (χ3n) is 4.29. The fraction of sp³-hybridized carbons (Fsp3) is 0.278. The van der Waals surface area contributed by atoms with Gasteiger partial charge >= 0.3 is 5.97 Å². The fourth-order valence-corrected chi connectivity index (χ4v) is 3.93. The van der Waals surface area contributed by atoms with Gasteiger partial charge in [0, 0.05) is 30.6 Å². The van der Waals surface area contributed by atoms with Crippen molar-refractivity contribution >= 4 is 32.7 Å². The Bertz CT molecular complexity index is 938. The first-order chi connectivity index (χ1) is 12.0. The van der Waals surface area contributed by atoms with E-state index < -0.39 is 11.9 Å². The Morgan fingerprint density at radius 3 is 2.72 bits per heavy atom. The molecule has 25 heavy (non-hydrogen) atoms. The molecule has 0 aliphatic carbocycles. The van der Waals surface area contributed by atoms with E-state index in [1.54, 1.807) is 32.4 Å². The maximum atomic E-state index is 12.6. The Morgan fingerprint density at radius 1 is 1.36 bits per heavy atom. The van der Waals surface area contributed by atoms with E-state index in [-0.39, 0.29) is 5.75 Å². The van der Waals surface area contributed by atoms with E-state index in [9.17, 15) is 9.90 Å². The Balaban J connectivity index is 2.38. The maximum absolute atomic E-state index is 12.6. The molecule has 0 aliphatic heterocycles. The summed E-state index contributed by atoms with van der Waals surface area (Å²) in [5.41, 5.74) is 3.42. The second-order valence-electron chi connectivity index (χ2n) is 5.70. The van der Waals surface area contributed by atoms with Gasteiger partial charge in [-0.3, -0.25) is 9.78 Å². The number of phenolic OH excluding ortho intramolecular Hbond substituents is 1. The van der Waals surface area contributed by atoms with Crippen molar-refractivity contribution in [3.63, 3.8) is 0 Å². The van der Waals surface area contributed by atoms with Crippen molar-refractivity contribution < 1.29 is 14.6 Å². The number of rotatable bonds is 4. The van der Waals surface area contributed by atoms with Crippen molar-refractivity contribution in [1.82, 2.24) is 9.97 Å². The largest absolute Gasteiger partial charge is 0.507 e. The van der Waals surface area contributed by atoms with E-state index in [0.717, 1.165) is 15.4 Å². The van der Waals surface area contributed by atoms with Gasteiger partial charge in [0.15, 0.2) is 5.13 Å². The van der Waals surface area contributed by atoms with Crippen LogP contribution in [0, 0.1) is 13.8 Å². The third-order valence-corrected chi connectivity index (χ3v) is 5.49. The number of aromatic nitrogens is 2. The fourth-order valence-electron chi connectivity index (χ4n) is 3.00. The summed E-state index contributed by atoms with van der Waals surface area (Å²) in [4.78, 5) is 21.4. The molecule has 2 aromatic heterocycles. The molecule has 1 atom stereocenters. The zero-order valence-electron chi connectivity index (χ0n) is 14.5. The number of methoxy groups -OCH3 is 1. The average molecular weight is 357 g/mol. The van der Waals surface area contributed by atoms with Crippen LogP contribution in [-0.2, 0) is 9.53 Å². The SMILES string of the molecule is CNc1nc2c(C(C(=O)OC)c3cccnc3)c(C)c(O)c(C)c2s1. The van der Waals surface area contributed by atoms with E-state index in [1.807, 2.05) is 13.0 Å². The number of carbonyl (C=O) groups is 1. The van der Waals surface area contributed by atoms with Crippen molar-refractivity contribution in [2.75, 3.05) is 19.5 Å². The summed E-state index contributed by atoms with van der Waals surface area (Å²) in [6.07, 6.45) is 3.28. The number of nitrogens with zero attached hydrogens (tertiary/aromatic N) is 2. The minimum atomic E-state index is -0.709. The Morgan fingerprint density at radius 2 is 2.12 bits per heavy atom. The number of pyridine rings is 1. The van der Waals surface area contributed by atoms with Gasteiger partial charge < -0.3 is 15.2 Å². The summed E-state index contributed by atoms with van der Waals surface area (Å²) in [6, 6.07) is 3.59. The summed E-state index contributed by atoms with van der Waals surface area (Å²) in [7, 11) is 3.14. The second kappa shape index (κ2) is 6.68. The zero-order chi connectivity index (χ0) is 18.1. The highest BCUT2D eigenvalue weighted by Gasteiger charge is 2.31. The maximum Gasteiger partial charge on any atom is 0.317 e. The number of carbonyl (C=O) groups excluding carboxylic acids is 1. The number of esters is 1. The molecule has 1 unspecified atom stereocenters. The Kier molecular flexibility index (Phi) is 4.59. The van der Waals surface area contributed by atoms with Gasteiger partial charge in [0.2, 0.25) is 0 Å². The second-order valence-corrected chi connectivity index (χ2v) is 6.70. The van der Waals surface area contributed by atoms with Crippen LogP contribution in [0.1, 0.15) is 28.2 Å². The summed E-state index contributed by atoms with van der Waals surface area (Å²) in [6.45, 7) is 3.64. The lowest BCUT2D eigenvalue weighted by Gasteiger charge is -2.19. The molecule has 0 spiro atoms. The number of benzene rings is 1. The van der Waals surface area contributed by atoms with E-state index in [0.29, 0.717) is 22.2 Å². The number of ether oxygens (including phenoxy) is 1. The number of aryl methyl sites for hydroxylation is 1. The molecular formula is C18H19N3O3S. The predicted molar refractivity (Wildman–Crippen MR) is 98.4 cm³/mol. The predicted octanol–water partition coefficient (Wildman–Crippen LogP) is 3.36. The minimum absolute atomic E-state index is 0.173. The number of aromatic hydroxyl groups is 1. The molecule has 2 N–H and O–H groups in total. The molecule has 1 aromatic carbocycles. The van der Waals surface area contributed by atoms with Gasteiger partial charge in [-0.25, -0.2) is 4.98 Å². The highest BCUT2D eigenvalue weighted by molar-refractivity contribution is 7.22. The van der Waals surface area contributed by atoms with Crippen LogP contribution in [0.2, 0.25) is 0 Å². The summed E-state index contributed by atoms with van der Waals surface area (Å²) in [5.74, 6) is -0.953. The van der Waals surface area contributed by atoms with Crippen LogP contribution in [-0.4, -0.2) is 35.2 Å². The van der Waals surface area contributed by atoms with E-state index >= 15 is 0 Å². The molecule has 2 heterocycles. The molecule has 0 saturated carbocycles. The highest BCUT2D eigenvalue weighted by Crippen LogP contribution is 2.43. The van der Waals surface area contributed by atoms with Gasteiger partial charge in [0.05, 0.1) is 17.3 Å². The number of hydrogen-bond acceptors (Lipinski definition) is 7. The number of fused-ring (bicyclic) bond motifs is 1. The zero-order valence-corrected chi connectivity index (χ0v) is 15.3. The molecule has 0 saturated heterocycles. The third kappa shape index (κ3) is 2.80. The molecular weight excluding hydrogens is 338 g/mol. The van der Waals surface area contributed by atoms with Gasteiger partial charge in [-0.05, 0) is 31.0 Å². The number of phenols is 1. The molecule has 0 fully saturated rings. The first-order valence-corrected chi connectivity index (χ1v) is 8.59. The molecule has 0 bridgehead atoms. The summed E-state index contributed by atoms with van der Waals surface area (Å²) in [5, 5.41) is 14.4. The van der Waals surface area contributed by atoms with E-state index in [1.165, 1.54) is 18.4 Å². The Labute approximate surface area is 149 Å². The lowest BCUT2D eigenvalue weighted by atomic mass is 9.87. The van der Waals surface area contributed by atoms with Crippen LogP contribution < -0.4 is 5.32 Å². The standard InChI is InChI=1S/C18H19N3O3S/c1-9-12(13(17(23)24-4)11-6-5-7-20-8-11)14-16(10(2)15(9)22)25-18(19-3)21-14/h5-8,13,22H,1-4H3,(H,19,21). The van der Waals surface area contributed by atoms with Gasteiger partial charge in [0.25, 0.3) is 0 Å². The van der Waals surface area contributed by atoms with Crippen molar-refractivity contribution in [3.8, 4) is 5.75 Å². The lowest BCUT2D eigenvalue weighted by molar-refractivity contribution is -0.141. The summed E-state index contributed by atoms with van der Waals surface area (Å²) >= 11 is 1.44. The first-order valence-electron chi connectivity index (χ1n) is 7.77. The van der Waals surface area contributed by atoms with Crippen molar-refractivity contribution in [1.29, 1.82) is 0 Å². The molecule has 3 rings (SSSR count). The van der Waals surface area contributed by atoms with Gasteiger partial charge in [0.1, 0.15) is 11.7 Å². The monoisotopic (exact) mass is 357 g/mol. The van der Waals surface area contributed by atoms with Gasteiger partial charge in [-0.1, -0.05) is 17.4 Å². The molecule has 7 heteroatoms. The first kappa shape index (κ1) is 17.2. The van der Waals surface area contributed by atoms with E-state index in [4.69, 9.17) is 4.74 Å². The molecule has 3 aromatic rings. The quantitative estimate of drug-likeness (QED) is 0.697. The minimum Gasteiger partial charge on any atom is -0.507 e. The molecule has 0 amide bonds. The molecule has 130 valence electrons. The smallest absolute Gasteiger partial charge is 0.317 e. The average Bonchev–Trinajstić information content (AvgIpc) is 3.07. The number of nitrogens with one attached hydrogen (secondary N) is 1. The number of thiazole rings is 1. The lowest BCUT2D eigenvalue weighted by Crippen LogP contribution is -2.17. The Hall–Kier alpha value is -2.67.